The molecule has 0 spiro atoms. The zero-order valence-corrected chi connectivity index (χ0v) is 10.6. The molecule has 3 nitrogen and oxygen atoms in total. The molecule has 0 fully saturated rings. The molecule has 3 heteroatoms. The largest absolute Gasteiger partial charge is 0.344 e. The molecule has 0 radical (unpaired) electrons. The zero-order valence-electron chi connectivity index (χ0n) is 10.6. The van der Waals surface area contributed by atoms with Crippen molar-refractivity contribution in [2.45, 2.75) is 19.9 Å². The predicted molar refractivity (Wildman–Crippen MR) is 71.3 cm³/mol. The van der Waals surface area contributed by atoms with E-state index in [0.717, 1.165) is 5.56 Å². The molecule has 0 bridgehead atoms. The third kappa shape index (κ3) is 2.94. The molecule has 0 saturated carbocycles. The summed E-state index contributed by atoms with van der Waals surface area (Å²) in [5, 5.41) is 2.93. The van der Waals surface area contributed by atoms with Gasteiger partial charge < -0.3 is 5.32 Å². The maximum Gasteiger partial charge on any atom is 0.270 e. The van der Waals surface area contributed by atoms with Crippen LogP contribution in [0.1, 0.15) is 34.6 Å². The molecule has 92 valence electrons. The SMILES string of the molecule is Cc1ccc([C@@H](C)NC(=O)c2ccccn2)cc1. The topological polar surface area (TPSA) is 42.0 Å². The summed E-state index contributed by atoms with van der Waals surface area (Å²) in [6, 6.07) is 13.4. The fourth-order valence-electron chi connectivity index (χ4n) is 1.71. The molecule has 0 aliphatic rings. The van der Waals surface area contributed by atoms with Gasteiger partial charge in [-0.1, -0.05) is 35.9 Å². The van der Waals surface area contributed by atoms with E-state index in [0.29, 0.717) is 5.69 Å². The summed E-state index contributed by atoms with van der Waals surface area (Å²) >= 11 is 0. The van der Waals surface area contributed by atoms with Gasteiger partial charge in [0.1, 0.15) is 5.69 Å². The van der Waals surface area contributed by atoms with Gasteiger partial charge >= 0.3 is 0 Å². The van der Waals surface area contributed by atoms with Crippen LogP contribution in [-0.2, 0) is 0 Å². The number of hydrogen-bond donors (Lipinski definition) is 1. The van der Waals surface area contributed by atoms with Crippen LogP contribution in [0.2, 0.25) is 0 Å². The normalized spacial score (nSPS) is 11.9. The van der Waals surface area contributed by atoms with E-state index in [1.165, 1.54) is 5.56 Å². The molecule has 1 heterocycles. The number of carbonyl (C=O) groups excluding carboxylic acids is 1. The first-order chi connectivity index (χ1) is 8.66. The van der Waals surface area contributed by atoms with Crippen molar-refractivity contribution in [3.05, 3.63) is 65.5 Å². The van der Waals surface area contributed by atoms with Gasteiger partial charge in [0.2, 0.25) is 0 Å². The number of pyridine rings is 1. The first-order valence-electron chi connectivity index (χ1n) is 5.95. The van der Waals surface area contributed by atoms with E-state index in [1.807, 2.05) is 38.1 Å². The lowest BCUT2D eigenvalue weighted by atomic mass is 10.1. The van der Waals surface area contributed by atoms with Crippen LogP contribution in [0.5, 0.6) is 0 Å². The van der Waals surface area contributed by atoms with Gasteiger partial charge in [0.05, 0.1) is 6.04 Å². The smallest absolute Gasteiger partial charge is 0.270 e. The first kappa shape index (κ1) is 12.3. The number of hydrogen-bond acceptors (Lipinski definition) is 2. The summed E-state index contributed by atoms with van der Waals surface area (Å²) in [6.45, 7) is 4.01. The monoisotopic (exact) mass is 240 g/mol. The van der Waals surface area contributed by atoms with Crippen LogP contribution in [-0.4, -0.2) is 10.9 Å². The van der Waals surface area contributed by atoms with Gasteiger partial charge in [0.15, 0.2) is 0 Å². The Morgan fingerprint density at radius 3 is 2.50 bits per heavy atom. The number of rotatable bonds is 3. The Kier molecular flexibility index (Phi) is 3.72. The van der Waals surface area contributed by atoms with Gasteiger partial charge in [0.25, 0.3) is 5.91 Å². The van der Waals surface area contributed by atoms with E-state index >= 15 is 0 Å². The quantitative estimate of drug-likeness (QED) is 0.896. The first-order valence-corrected chi connectivity index (χ1v) is 5.95. The molecule has 0 aliphatic carbocycles. The average Bonchev–Trinajstić information content (AvgIpc) is 2.40. The van der Waals surface area contributed by atoms with Crippen molar-refractivity contribution < 1.29 is 4.79 Å². The van der Waals surface area contributed by atoms with E-state index in [-0.39, 0.29) is 11.9 Å². The third-order valence-electron chi connectivity index (χ3n) is 2.82. The van der Waals surface area contributed by atoms with E-state index in [4.69, 9.17) is 0 Å². The molecule has 1 aromatic heterocycles. The van der Waals surface area contributed by atoms with E-state index < -0.39 is 0 Å². The van der Waals surface area contributed by atoms with Gasteiger partial charge in [-0.3, -0.25) is 9.78 Å². The van der Waals surface area contributed by atoms with Crippen molar-refractivity contribution in [3.8, 4) is 0 Å². The number of carbonyl (C=O) groups is 1. The average molecular weight is 240 g/mol. The standard InChI is InChI=1S/C15H16N2O/c1-11-6-8-13(9-7-11)12(2)17-15(18)14-5-3-4-10-16-14/h3-10,12H,1-2H3,(H,17,18)/t12-/m1/s1. The Labute approximate surface area is 107 Å². The summed E-state index contributed by atoms with van der Waals surface area (Å²) in [5.74, 6) is -0.149. The van der Waals surface area contributed by atoms with Crippen molar-refractivity contribution in [1.29, 1.82) is 0 Å². The van der Waals surface area contributed by atoms with Crippen LogP contribution in [0.15, 0.2) is 48.7 Å². The summed E-state index contributed by atoms with van der Waals surface area (Å²) in [6.07, 6.45) is 1.62. The molecule has 0 unspecified atom stereocenters. The Morgan fingerprint density at radius 1 is 1.17 bits per heavy atom. The fraction of sp³-hybridized carbons (Fsp3) is 0.200. The van der Waals surface area contributed by atoms with Gasteiger partial charge in [-0.25, -0.2) is 0 Å². The molecule has 18 heavy (non-hydrogen) atoms. The molecule has 0 aliphatic heterocycles. The van der Waals surface area contributed by atoms with Crippen LogP contribution in [0.25, 0.3) is 0 Å². The molecule has 2 aromatic rings. The second kappa shape index (κ2) is 5.45. The molecular weight excluding hydrogens is 224 g/mol. The minimum atomic E-state index is -0.149. The van der Waals surface area contributed by atoms with E-state index in [9.17, 15) is 4.79 Å². The summed E-state index contributed by atoms with van der Waals surface area (Å²) < 4.78 is 0. The highest BCUT2D eigenvalue weighted by molar-refractivity contribution is 5.92. The molecule has 1 N–H and O–H groups in total. The van der Waals surface area contributed by atoms with Crippen LogP contribution < -0.4 is 5.32 Å². The van der Waals surface area contributed by atoms with E-state index in [2.05, 4.69) is 10.3 Å². The van der Waals surface area contributed by atoms with Crippen molar-refractivity contribution in [1.82, 2.24) is 10.3 Å². The maximum atomic E-state index is 11.9. The van der Waals surface area contributed by atoms with Crippen LogP contribution in [0.4, 0.5) is 0 Å². The minimum absolute atomic E-state index is 0.0277. The highest BCUT2D eigenvalue weighted by Crippen LogP contribution is 2.13. The lowest BCUT2D eigenvalue weighted by Crippen LogP contribution is -2.27. The highest BCUT2D eigenvalue weighted by Gasteiger charge is 2.11. The Hall–Kier alpha value is -2.16. The van der Waals surface area contributed by atoms with Gasteiger partial charge in [0, 0.05) is 6.20 Å². The van der Waals surface area contributed by atoms with Gasteiger partial charge in [-0.2, -0.15) is 0 Å². The van der Waals surface area contributed by atoms with Crippen molar-refractivity contribution >= 4 is 5.91 Å². The van der Waals surface area contributed by atoms with Crippen LogP contribution in [0.3, 0.4) is 0 Å². The number of nitrogens with one attached hydrogen (secondary N) is 1. The second-order valence-electron chi connectivity index (χ2n) is 4.32. The van der Waals surface area contributed by atoms with Crippen LogP contribution in [0, 0.1) is 6.92 Å². The van der Waals surface area contributed by atoms with E-state index in [1.54, 1.807) is 24.4 Å². The number of aromatic nitrogens is 1. The highest BCUT2D eigenvalue weighted by atomic mass is 16.1. The molecular formula is C15H16N2O. The van der Waals surface area contributed by atoms with Gasteiger partial charge in [-0.15, -0.1) is 0 Å². The van der Waals surface area contributed by atoms with Crippen molar-refractivity contribution in [2.24, 2.45) is 0 Å². The Balaban J connectivity index is 2.06. The van der Waals surface area contributed by atoms with Crippen molar-refractivity contribution in [2.75, 3.05) is 0 Å². The predicted octanol–water partition coefficient (Wildman–Crippen LogP) is 2.88. The molecule has 1 amide bonds. The lowest BCUT2D eigenvalue weighted by molar-refractivity contribution is 0.0935. The zero-order chi connectivity index (χ0) is 13.0. The Morgan fingerprint density at radius 2 is 1.89 bits per heavy atom. The Bertz CT molecular complexity index is 520. The molecule has 2 rings (SSSR count). The number of aryl methyl sites for hydroxylation is 1. The molecule has 1 atom stereocenters. The molecule has 1 aromatic carbocycles. The van der Waals surface area contributed by atoms with Crippen molar-refractivity contribution in [3.63, 3.8) is 0 Å². The summed E-state index contributed by atoms with van der Waals surface area (Å²) in [5.41, 5.74) is 2.74. The fourth-order valence-corrected chi connectivity index (χ4v) is 1.71. The molecule has 0 saturated heterocycles. The number of nitrogens with zero attached hydrogens (tertiary/aromatic N) is 1. The van der Waals surface area contributed by atoms with Crippen LogP contribution >= 0.6 is 0 Å². The third-order valence-corrected chi connectivity index (χ3v) is 2.82. The summed E-state index contributed by atoms with van der Waals surface area (Å²) in [4.78, 5) is 15.9. The number of benzene rings is 1. The van der Waals surface area contributed by atoms with Gasteiger partial charge in [-0.05, 0) is 31.5 Å². The number of amides is 1. The second-order valence-corrected chi connectivity index (χ2v) is 4.32. The maximum absolute atomic E-state index is 11.9. The minimum Gasteiger partial charge on any atom is -0.344 e. The summed E-state index contributed by atoms with van der Waals surface area (Å²) in [7, 11) is 0. The lowest BCUT2D eigenvalue weighted by Gasteiger charge is -2.14.